The van der Waals surface area contributed by atoms with Crippen LogP contribution in [0.2, 0.25) is 5.02 Å². The highest BCUT2D eigenvalue weighted by Crippen LogP contribution is 2.42. The van der Waals surface area contributed by atoms with E-state index in [4.69, 9.17) is 16.0 Å². The molecule has 2 aliphatic rings. The molecular weight excluding hydrogens is 406 g/mol. The fourth-order valence-electron chi connectivity index (χ4n) is 3.71. The van der Waals surface area contributed by atoms with E-state index in [1.807, 2.05) is 0 Å². The first-order valence-electron chi connectivity index (χ1n) is 8.58. The van der Waals surface area contributed by atoms with E-state index in [1.165, 1.54) is 23.3 Å². The van der Waals surface area contributed by atoms with Crippen LogP contribution >= 0.6 is 11.6 Å². The molecule has 146 valence electrons. The molecule has 2 saturated heterocycles. The summed E-state index contributed by atoms with van der Waals surface area (Å²) in [5, 5.41) is 11.3. The van der Waals surface area contributed by atoms with Crippen LogP contribution in [0.15, 0.2) is 52.7 Å². The Morgan fingerprint density at radius 2 is 1.89 bits per heavy atom. The van der Waals surface area contributed by atoms with Crippen molar-refractivity contribution < 1.29 is 27.5 Å². The van der Waals surface area contributed by atoms with Crippen molar-refractivity contribution in [3.63, 3.8) is 0 Å². The van der Waals surface area contributed by atoms with Crippen LogP contribution in [0.25, 0.3) is 5.76 Å². The molecule has 3 heterocycles. The van der Waals surface area contributed by atoms with Gasteiger partial charge in [-0.3, -0.25) is 9.59 Å². The number of hydrogen-bond donors (Lipinski definition) is 1. The number of nitrogens with zero attached hydrogens (tertiary/aromatic N) is 1. The molecule has 2 fully saturated rings. The van der Waals surface area contributed by atoms with Gasteiger partial charge in [0.2, 0.25) is 0 Å². The van der Waals surface area contributed by atoms with Crippen molar-refractivity contribution >= 4 is 38.9 Å². The van der Waals surface area contributed by atoms with E-state index >= 15 is 0 Å². The Hall–Kier alpha value is -2.58. The van der Waals surface area contributed by atoms with E-state index in [-0.39, 0.29) is 35.0 Å². The van der Waals surface area contributed by atoms with E-state index in [9.17, 15) is 23.1 Å². The number of carbonyl (C=O) groups is 2. The molecular formula is C19H16ClNO6S. The van der Waals surface area contributed by atoms with Crippen LogP contribution in [0.1, 0.15) is 23.8 Å². The Morgan fingerprint density at radius 1 is 1.18 bits per heavy atom. The summed E-state index contributed by atoms with van der Waals surface area (Å²) in [4.78, 5) is 26.8. The third-order valence-corrected chi connectivity index (χ3v) is 7.01. The first-order valence-corrected chi connectivity index (χ1v) is 10.8. The van der Waals surface area contributed by atoms with Gasteiger partial charge in [-0.2, -0.15) is 0 Å². The van der Waals surface area contributed by atoms with Crippen molar-refractivity contribution in [1.29, 1.82) is 0 Å². The summed E-state index contributed by atoms with van der Waals surface area (Å²) in [5.41, 5.74) is 0.185. The lowest BCUT2D eigenvalue weighted by atomic mass is 9.99. The van der Waals surface area contributed by atoms with Gasteiger partial charge >= 0.3 is 0 Å². The molecule has 1 N–H and O–H groups in total. The average molecular weight is 422 g/mol. The SMILES string of the molecule is O=C1C(=O)N([C@H]2CCS(=O)(=O)C2)[C@H](c2ccco2)C1=C(O)c1ccc(Cl)cc1. The van der Waals surface area contributed by atoms with Crippen LogP contribution in [0.5, 0.6) is 0 Å². The molecule has 1 amide bonds. The lowest BCUT2D eigenvalue weighted by molar-refractivity contribution is -0.141. The van der Waals surface area contributed by atoms with Gasteiger partial charge in [0.15, 0.2) is 9.84 Å². The molecule has 2 aromatic rings. The predicted octanol–water partition coefficient (Wildman–Crippen LogP) is 2.54. The number of likely N-dealkylation sites (tertiary alicyclic amines) is 1. The van der Waals surface area contributed by atoms with Gasteiger partial charge in [0.25, 0.3) is 11.7 Å². The van der Waals surface area contributed by atoms with Crippen molar-refractivity contribution in [2.24, 2.45) is 0 Å². The molecule has 0 bridgehead atoms. The normalized spacial score (nSPS) is 26.1. The van der Waals surface area contributed by atoms with E-state index in [0.29, 0.717) is 10.6 Å². The molecule has 1 aromatic heterocycles. The van der Waals surface area contributed by atoms with E-state index < -0.39 is 33.6 Å². The standard InChI is InChI=1S/C19H16ClNO6S/c20-12-5-3-11(4-6-12)17(22)15-16(14-2-1-8-27-14)21(19(24)18(15)23)13-7-9-28(25,26)10-13/h1-6,8,13,16,22H,7,9-10H2/t13-,16+/m0/s1. The molecule has 2 atom stereocenters. The minimum absolute atomic E-state index is 0.0529. The molecule has 4 rings (SSSR count). The van der Waals surface area contributed by atoms with Crippen molar-refractivity contribution in [2.75, 3.05) is 11.5 Å². The van der Waals surface area contributed by atoms with Crippen LogP contribution in [-0.2, 0) is 19.4 Å². The molecule has 9 heteroatoms. The van der Waals surface area contributed by atoms with Crippen molar-refractivity contribution in [3.8, 4) is 0 Å². The molecule has 28 heavy (non-hydrogen) atoms. The number of carbonyl (C=O) groups excluding carboxylic acids is 2. The zero-order valence-electron chi connectivity index (χ0n) is 14.5. The van der Waals surface area contributed by atoms with Crippen molar-refractivity contribution in [3.05, 3.63) is 64.6 Å². The molecule has 1 aromatic carbocycles. The van der Waals surface area contributed by atoms with Crippen molar-refractivity contribution in [2.45, 2.75) is 18.5 Å². The Kier molecular flexibility index (Phi) is 4.55. The molecule has 0 unspecified atom stereocenters. The van der Waals surface area contributed by atoms with E-state index in [1.54, 1.807) is 24.3 Å². The van der Waals surface area contributed by atoms with Crippen LogP contribution in [0.4, 0.5) is 0 Å². The minimum atomic E-state index is -3.29. The van der Waals surface area contributed by atoms with Crippen molar-refractivity contribution in [1.82, 2.24) is 4.90 Å². The van der Waals surface area contributed by atoms with Crippen LogP contribution < -0.4 is 0 Å². The zero-order valence-corrected chi connectivity index (χ0v) is 16.1. The number of ketones is 1. The quantitative estimate of drug-likeness (QED) is 0.464. The summed E-state index contributed by atoms with van der Waals surface area (Å²) >= 11 is 5.87. The summed E-state index contributed by atoms with van der Waals surface area (Å²) in [7, 11) is -3.29. The summed E-state index contributed by atoms with van der Waals surface area (Å²) < 4.78 is 29.3. The van der Waals surface area contributed by atoms with Gasteiger partial charge in [0.1, 0.15) is 17.6 Å². The molecule has 0 saturated carbocycles. The number of Topliss-reactive ketones (excluding diaryl/α,β-unsaturated/α-hetero) is 1. The summed E-state index contributed by atoms with van der Waals surface area (Å²) in [6.07, 6.45) is 1.62. The van der Waals surface area contributed by atoms with Gasteiger partial charge in [-0.05, 0) is 42.8 Å². The first-order chi connectivity index (χ1) is 13.3. The second kappa shape index (κ2) is 6.79. The molecule has 7 nitrogen and oxygen atoms in total. The Balaban J connectivity index is 1.86. The topological polar surface area (TPSA) is 105 Å². The van der Waals surface area contributed by atoms with Gasteiger partial charge in [-0.15, -0.1) is 0 Å². The second-order valence-electron chi connectivity index (χ2n) is 6.79. The highest BCUT2D eigenvalue weighted by atomic mass is 35.5. The second-order valence-corrected chi connectivity index (χ2v) is 9.45. The van der Waals surface area contributed by atoms with Gasteiger partial charge in [0.05, 0.1) is 23.3 Å². The fraction of sp³-hybridized carbons (Fsp3) is 0.263. The lowest BCUT2D eigenvalue weighted by Crippen LogP contribution is -2.40. The largest absolute Gasteiger partial charge is 0.507 e. The number of furan rings is 1. The smallest absolute Gasteiger partial charge is 0.296 e. The van der Waals surface area contributed by atoms with Crippen LogP contribution in [0.3, 0.4) is 0 Å². The monoisotopic (exact) mass is 421 g/mol. The van der Waals surface area contributed by atoms with E-state index in [0.717, 1.165) is 0 Å². The molecule has 2 aliphatic heterocycles. The predicted molar refractivity (Wildman–Crippen MR) is 101 cm³/mol. The minimum Gasteiger partial charge on any atom is -0.507 e. The molecule has 0 spiro atoms. The highest BCUT2D eigenvalue weighted by molar-refractivity contribution is 7.91. The number of aliphatic hydroxyl groups is 1. The molecule has 0 aliphatic carbocycles. The van der Waals surface area contributed by atoms with Gasteiger partial charge in [-0.25, -0.2) is 8.42 Å². The highest BCUT2D eigenvalue weighted by Gasteiger charge is 2.52. The maximum Gasteiger partial charge on any atom is 0.296 e. The third-order valence-electron chi connectivity index (χ3n) is 5.01. The van der Waals surface area contributed by atoms with Gasteiger partial charge in [0, 0.05) is 16.6 Å². The Morgan fingerprint density at radius 3 is 2.46 bits per heavy atom. The van der Waals surface area contributed by atoms with Gasteiger partial charge in [-0.1, -0.05) is 11.6 Å². The maximum absolute atomic E-state index is 12.8. The Bertz CT molecular complexity index is 1070. The number of aliphatic hydroxyl groups excluding tert-OH is 1. The van der Waals surface area contributed by atoms with Crippen LogP contribution in [0, 0.1) is 0 Å². The number of benzene rings is 1. The molecule has 0 radical (unpaired) electrons. The van der Waals surface area contributed by atoms with Crippen LogP contribution in [-0.4, -0.2) is 47.7 Å². The summed E-state index contributed by atoms with van der Waals surface area (Å²) in [6.45, 7) is 0. The summed E-state index contributed by atoms with van der Waals surface area (Å²) in [6, 6.07) is 7.70. The number of sulfone groups is 1. The first kappa shape index (κ1) is 18.8. The number of halogens is 1. The van der Waals surface area contributed by atoms with E-state index in [2.05, 4.69) is 0 Å². The zero-order chi connectivity index (χ0) is 20.1. The lowest BCUT2D eigenvalue weighted by Gasteiger charge is -2.28. The number of amides is 1. The fourth-order valence-corrected chi connectivity index (χ4v) is 5.55. The number of hydrogen-bond acceptors (Lipinski definition) is 6. The number of rotatable bonds is 3. The average Bonchev–Trinajstić information content (AvgIpc) is 3.35. The Labute approximate surface area is 166 Å². The summed E-state index contributed by atoms with van der Waals surface area (Å²) in [5.74, 6) is -2.09. The maximum atomic E-state index is 12.8. The van der Waals surface area contributed by atoms with Gasteiger partial charge < -0.3 is 14.4 Å². The third kappa shape index (κ3) is 3.12.